The SMILES string of the molecule is COc1cc(C=CC(=O)c2c(OC)cc(CO)c(C)c2O)cc(OC)c1OC. The fourth-order valence-corrected chi connectivity index (χ4v) is 2.81. The highest BCUT2D eigenvalue weighted by atomic mass is 16.5. The Morgan fingerprint density at radius 3 is 2.00 bits per heavy atom. The fourth-order valence-electron chi connectivity index (χ4n) is 2.81. The van der Waals surface area contributed by atoms with Gasteiger partial charge in [0.25, 0.3) is 0 Å². The molecule has 2 aromatic rings. The topological polar surface area (TPSA) is 94.5 Å². The highest BCUT2D eigenvalue weighted by molar-refractivity contribution is 6.10. The number of phenolic OH excluding ortho intramolecular Hbond substituents is 1. The molecule has 0 spiro atoms. The number of ketones is 1. The van der Waals surface area contributed by atoms with Crippen molar-refractivity contribution in [1.29, 1.82) is 0 Å². The van der Waals surface area contributed by atoms with Crippen LogP contribution < -0.4 is 18.9 Å². The monoisotopic (exact) mass is 388 g/mol. The molecule has 7 heteroatoms. The maximum atomic E-state index is 12.7. The van der Waals surface area contributed by atoms with E-state index in [-0.39, 0.29) is 23.7 Å². The number of rotatable bonds is 8. The Morgan fingerprint density at radius 2 is 1.54 bits per heavy atom. The minimum absolute atomic E-state index is 0.0286. The maximum absolute atomic E-state index is 12.7. The van der Waals surface area contributed by atoms with Crippen molar-refractivity contribution in [3.8, 4) is 28.7 Å². The van der Waals surface area contributed by atoms with Crippen LogP contribution >= 0.6 is 0 Å². The van der Waals surface area contributed by atoms with Crippen molar-refractivity contribution in [2.45, 2.75) is 13.5 Å². The molecular weight excluding hydrogens is 364 g/mol. The van der Waals surface area contributed by atoms with Crippen LogP contribution in [0.5, 0.6) is 28.7 Å². The molecule has 2 N–H and O–H groups in total. The summed E-state index contributed by atoms with van der Waals surface area (Å²) in [4.78, 5) is 12.7. The number of hydrogen-bond donors (Lipinski definition) is 2. The van der Waals surface area contributed by atoms with E-state index in [9.17, 15) is 15.0 Å². The van der Waals surface area contributed by atoms with Crippen LogP contribution in [0.1, 0.15) is 27.0 Å². The summed E-state index contributed by atoms with van der Waals surface area (Å²) in [5, 5.41) is 19.8. The molecule has 0 saturated heterocycles. The van der Waals surface area contributed by atoms with E-state index in [4.69, 9.17) is 18.9 Å². The lowest BCUT2D eigenvalue weighted by Gasteiger charge is -2.14. The third-order valence-corrected chi connectivity index (χ3v) is 4.38. The van der Waals surface area contributed by atoms with E-state index in [1.165, 1.54) is 40.6 Å². The normalized spacial score (nSPS) is 10.8. The van der Waals surface area contributed by atoms with Gasteiger partial charge in [0, 0.05) is 0 Å². The number of aromatic hydroxyl groups is 1. The van der Waals surface area contributed by atoms with Crippen LogP contribution in [0.2, 0.25) is 0 Å². The van der Waals surface area contributed by atoms with Crippen molar-refractivity contribution in [3.05, 3.63) is 46.5 Å². The third kappa shape index (κ3) is 4.04. The molecule has 0 aromatic heterocycles. The van der Waals surface area contributed by atoms with Crippen molar-refractivity contribution >= 4 is 11.9 Å². The first-order valence-electron chi connectivity index (χ1n) is 8.44. The summed E-state index contributed by atoms with van der Waals surface area (Å²) < 4.78 is 21.1. The summed E-state index contributed by atoms with van der Waals surface area (Å²) in [5.74, 6) is 0.878. The van der Waals surface area contributed by atoms with E-state index in [0.29, 0.717) is 33.9 Å². The van der Waals surface area contributed by atoms with Crippen LogP contribution in [-0.2, 0) is 6.61 Å². The first-order chi connectivity index (χ1) is 13.4. The zero-order valence-electron chi connectivity index (χ0n) is 16.5. The van der Waals surface area contributed by atoms with E-state index in [0.717, 1.165) is 0 Å². The Morgan fingerprint density at radius 1 is 0.964 bits per heavy atom. The van der Waals surface area contributed by atoms with Crippen molar-refractivity contribution in [2.24, 2.45) is 0 Å². The number of hydrogen-bond acceptors (Lipinski definition) is 7. The number of aliphatic hydroxyl groups excluding tert-OH is 1. The standard InChI is InChI=1S/C21H24O7/c1-12-14(11-22)10-16(25-2)19(20(12)24)15(23)7-6-13-8-17(26-3)21(28-5)18(9-13)27-4/h6-10,22,24H,11H2,1-5H3. The summed E-state index contributed by atoms with van der Waals surface area (Å²) in [6.45, 7) is 1.35. The molecule has 0 fully saturated rings. The van der Waals surface area contributed by atoms with Crippen LogP contribution in [0.3, 0.4) is 0 Å². The Hall–Kier alpha value is -3.19. The first-order valence-corrected chi connectivity index (χ1v) is 8.44. The second-order valence-corrected chi connectivity index (χ2v) is 5.90. The predicted molar refractivity (Wildman–Crippen MR) is 105 cm³/mol. The van der Waals surface area contributed by atoms with Gasteiger partial charge in [-0.3, -0.25) is 4.79 Å². The molecule has 28 heavy (non-hydrogen) atoms. The molecule has 0 heterocycles. The van der Waals surface area contributed by atoms with Gasteiger partial charge >= 0.3 is 0 Å². The molecule has 0 amide bonds. The molecule has 0 saturated carbocycles. The number of aliphatic hydroxyl groups is 1. The zero-order valence-corrected chi connectivity index (χ0v) is 16.5. The number of allylic oxidation sites excluding steroid dienone is 1. The van der Waals surface area contributed by atoms with Crippen molar-refractivity contribution in [1.82, 2.24) is 0 Å². The van der Waals surface area contributed by atoms with E-state index in [1.807, 2.05) is 0 Å². The lowest BCUT2D eigenvalue weighted by Crippen LogP contribution is -2.03. The molecular formula is C21H24O7. The van der Waals surface area contributed by atoms with Crippen LogP contribution in [0.4, 0.5) is 0 Å². The van der Waals surface area contributed by atoms with Crippen LogP contribution in [0.25, 0.3) is 6.08 Å². The third-order valence-electron chi connectivity index (χ3n) is 4.38. The molecule has 150 valence electrons. The molecule has 7 nitrogen and oxygen atoms in total. The van der Waals surface area contributed by atoms with Gasteiger partial charge in [-0.25, -0.2) is 0 Å². The molecule has 0 radical (unpaired) electrons. The largest absolute Gasteiger partial charge is 0.507 e. The number of methoxy groups -OCH3 is 4. The highest BCUT2D eigenvalue weighted by Crippen LogP contribution is 2.39. The van der Waals surface area contributed by atoms with Crippen molar-refractivity contribution < 1.29 is 34.0 Å². The smallest absolute Gasteiger partial charge is 0.203 e. The quantitative estimate of drug-likeness (QED) is 0.530. The summed E-state index contributed by atoms with van der Waals surface area (Å²) in [7, 11) is 5.91. The minimum Gasteiger partial charge on any atom is -0.507 e. The maximum Gasteiger partial charge on any atom is 0.203 e. The second kappa shape index (κ2) is 9.14. The van der Waals surface area contributed by atoms with E-state index in [1.54, 1.807) is 25.1 Å². The van der Waals surface area contributed by atoms with Gasteiger partial charge in [0.05, 0.1) is 35.0 Å². The lowest BCUT2D eigenvalue weighted by atomic mass is 9.99. The number of ether oxygens (including phenoxy) is 4. The molecule has 0 aliphatic carbocycles. The Kier molecular flexibility index (Phi) is 6.89. The van der Waals surface area contributed by atoms with E-state index < -0.39 is 5.78 Å². The molecule has 2 aromatic carbocycles. The summed E-state index contributed by atoms with van der Waals surface area (Å²) in [6, 6.07) is 4.93. The van der Waals surface area contributed by atoms with Gasteiger partial charge in [-0.1, -0.05) is 6.08 Å². The summed E-state index contributed by atoms with van der Waals surface area (Å²) in [5.41, 5.74) is 1.58. The Balaban J connectivity index is 2.46. The summed E-state index contributed by atoms with van der Waals surface area (Å²) in [6.07, 6.45) is 2.89. The number of phenols is 1. The number of carbonyl (C=O) groups excluding carboxylic acids is 1. The number of benzene rings is 2. The van der Waals surface area contributed by atoms with E-state index >= 15 is 0 Å². The fraction of sp³-hybridized carbons (Fsp3) is 0.286. The summed E-state index contributed by atoms with van der Waals surface area (Å²) >= 11 is 0. The number of carbonyl (C=O) groups is 1. The lowest BCUT2D eigenvalue weighted by molar-refractivity contribution is 0.104. The first kappa shape index (κ1) is 21.1. The van der Waals surface area contributed by atoms with Gasteiger partial charge in [-0.05, 0) is 47.9 Å². The van der Waals surface area contributed by atoms with Crippen LogP contribution in [-0.4, -0.2) is 44.4 Å². The molecule has 0 atom stereocenters. The molecule has 0 bridgehead atoms. The van der Waals surface area contributed by atoms with E-state index in [2.05, 4.69) is 0 Å². The molecule has 0 aliphatic rings. The van der Waals surface area contributed by atoms with Gasteiger partial charge in [-0.2, -0.15) is 0 Å². The van der Waals surface area contributed by atoms with Crippen LogP contribution in [0.15, 0.2) is 24.3 Å². The van der Waals surface area contributed by atoms with Gasteiger partial charge in [-0.15, -0.1) is 0 Å². The minimum atomic E-state index is -0.448. The molecule has 0 unspecified atom stereocenters. The zero-order chi connectivity index (χ0) is 20.8. The van der Waals surface area contributed by atoms with Crippen molar-refractivity contribution in [2.75, 3.05) is 28.4 Å². The average molecular weight is 388 g/mol. The second-order valence-electron chi connectivity index (χ2n) is 5.90. The average Bonchev–Trinajstić information content (AvgIpc) is 2.72. The Labute approximate surface area is 163 Å². The van der Waals surface area contributed by atoms with Crippen molar-refractivity contribution in [3.63, 3.8) is 0 Å². The predicted octanol–water partition coefficient (Wildman–Crippen LogP) is 3.12. The molecule has 2 rings (SSSR count). The van der Waals surface area contributed by atoms with Gasteiger partial charge < -0.3 is 29.2 Å². The van der Waals surface area contributed by atoms with Crippen LogP contribution in [0, 0.1) is 6.92 Å². The van der Waals surface area contributed by atoms with Gasteiger partial charge in [0.1, 0.15) is 17.1 Å². The van der Waals surface area contributed by atoms with Gasteiger partial charge in [0.15, 0.2) is 17.3 Å². The molecule has 0 aliphatic heterocycles. The highest BCUT2D eigenvalue weighted by Gasteiger charge is 2.20. The van der Waals surface area contributed by atoms with Gasteiger partial charge in [0.2, 0.25) is 5.75 Å². The Bertz CT molecular complexity index is 875.